The van der Waals surface area contributed by atoms with E-state index in [1.54, 1.807) is 19.1 Å². The number of imidazole rings is 1. The molecule has 0 unspecified atom stereocenters. The first-order valence-electron chi connectivity index (χ1n) is 10.1. The number of rotatable bonds is 8. The van der Waals surface area contributed by atoms with Gasteiger partial charge in [-0.3, -0.25) is 0 Å². The van der Waals surface area contributed by atoms with Crippen LogP contribution in [0.4, 0.5) is 13.2 Å². The molecule has 0 aliphatic heterocycles. The van der Waals surface area contributed by atoms with Crippen molar-refractivity contribution in [2.45, 2.75) is 33.0 Å². The van der Waals surface area contributed by atoms with E-state index in [1.807, 2.05) is 48.0 Å². The van der Waals surface area contributed by atoms with Gasteiger partial charge in [0.1, 0.15) is 11.4 Å². The molecule has 0 aliphatic rings. The number of halogens is 4. The third kappa shape index (κ3) is 7.88. The minimum atomic E-state index is -4.39. The van der Waals surface area contributed by atoms with E-state index in [1.165, 1.54) is 0 Å². The number of nitrogens with one attached hydrogen (secondary N) is 2. The summed E-state index contributed by atoms with van der Waals surface area (Å²) in [7, 11) is 0. The Morgan fingerprint density at radius 3 is 2.72 bits per heavy atom. The smallest absolute Gasteiger partial charge is 0.422 e. The van der Waals surface area contributed by atoms with Gasteiger partial charge in [0.15, 0.2) is 12.6 Å². The Morgan fingerprint density at radius 2 is 2.00 bits per heavy atom. The van der Waals surface area contributed by atoms with E-state index in [4.69, 9.17) is 4.74 Å². The van der Waals surface area contributed by atoms with Crippen molar-refractivity contribution in [2.75, 3.05) is 19.7 Å². The van der Waals surface area contributed by atoms with E-state index in [9.17, 15) is 13.2 Å². The largest absolute Gasteiger partial charge is 0.484 e. The van der Waals surface area contributed by atoms with Gasteiger partial charge in [0.05, 0.1) is 12.2 Å². The maximum atomic E-state index is 12.6. The van der Waals surface area contributed by atoms with Gasteiger partial charge < -0.3 is 19.8 Å². The highest BCUT2D eigenvalue weighted by atomic mass is 127. The minimum absolute atomic E-state index is 0. The van der Waals surface area contributed by atoms with Gasteiger partial charge in [-0.15, -0.1) is 24.0 Å². The second-order valence-electron chi connectivity index (χ2n) is 7.09. The third-order valence-corrected chi connectivity index (χ3v) is 4.45. The van der Waals surface area contributed by atoms with E-state index in [0.717, 1.165) is 16.9 Å². The van der Waals surface area contributed by atoms with Crippen molar-refractivity contribution < 1.29 is 17.9 Å². The summed E-state index contributed by atoms with van der Waals surface area (Å²) < 4.78 is 44.6. The molecular weight excluding hydrogens is 534 g/mol. The van der Waals surface area contributed by atoms with Crippen LogP contribution in [0.1, 0.15) is 23.7 Å². The van der Waals surface area contributed by atoms with Crippen LogP contribution < -0.4 is 15.4 Å². The number of fused-ring (bicyclic) bond motifs is 1. The second-order valence-corrected chi connectivity index (χ2v) is 7.09. The predicted octanol–water partition coefficient (Wildman–Crippen LogP) is 4.50. The Hall–Kier alpha value is -2.50. The fourth-order valence-corrected chi connectivity index (χ4v) is 3.01. The number of aliphatic imine (C=N–C) groups is 1. The zero-order valence-corrected chi connectivity index (χ0v) is 20.3. The molecule has 0 aliphatic carbocycles. The van der Waals surface area contributed by atoms with E-state index in [2.05, 4.69) is 20.6 Å². The molecular formula is C22H27F3IN5O. The van der Waals surface area contributed by atoms with Crippen LogP contribution in [0.25, 0.3) is 5.65 Å². The van der Waals surface area contributed by atoms with Gasteiger partial charge in [-0.25, -0.2) is 9.98 Å². The molecule has 0 saturated heterocycles. The van der Waals surface area contributed by atoms with Crippen LogP contribution in [-0.2, 0) is 13.0 Å². The summed E-state index contributed by atoms with van der Waals surface area (Å²) in [5.74, 6) is 0.773. The molecule has 0 saturated carbocycles. The Morgan fingerprint density at radius 1 is 1.19 bits per heavy atom. The van der Waals surface area contributed by atoms with Crippen LogP contribution >= 0.6 is 24.0 Å². The van der Waals surface area contributed by atoms with Crippen LogP contribution in [-0.4, -0.2) is 41.2 Å². The number of alkyl halides is 3. The maximum absolute atomic E-state index is 12.6. The number of pyridine rings is 1. The molecule has 1 aromatic carbocycles. The maximum Gasteiger partial charge on any atom is 0.422 e. The fraction of sp³-hybridized carbons (Fsp3) is 0.364. The van der Waals surface area contributed by atoms with Crippen molar-refractivity contribution in [3.63, 3.8) is 0 Å². The molecule has 2 aromatic heterocycles. The number of nitrogens with zero attached hydrogens (tertiary/aromatic N) is 3. The summed E-state index contributed by atoms with van der Waals surface area (Å²) in [5.41, 5.74) is 3.26. The van der Waals surface area contributed by atoms with Crippen molar-refractivity contribution >= 4 is 35.6 Å². The Labute approximate surface area is 202 Å². The SMILES string of the molecule is CCNC(=NCc1ccc(C)cc1OCC(F)(F)F)NCCc1cn2ccccc2n1.I. The van der Waals surface area contributed by atoms with Crippen LogP contribution in [0.3, 0.4) is 0 Å². The lowest BCUT2D eigenvalue weighted by molar-refractivity contribution is -0.153. The number of guanidine groups is 1. The summed E-state index contributed by atoms with van der Waals surface area (Å²) in [4.78, 5) is 9.06. The van der Waals surface area contributed by atoms with E-state index < -0.39 is 12.8 Å². The first kappa shape index (κ1) is 25.8. The van der Waals surface area contributed by atoms with E-state index >= 15 is 0 Å². The summed E-state index contributed by atoms with van der Waals surface area (Å²) in [6.45, 7) is 3.88. The fourth-order valence-electron chi connectivity index (χ4n) is 3.01. The van der Waals surface area contributed by atoms with Gasteiger partial charge >= 0.3 is 6.18 Å². The van der Waals surface area contributed by atoms with E-state index in [0.29, 0.717) is 31.0 Å². The van der Waals surface area contributed by atoms with Crippen molar-refractivity contribution in [3.05, 3.63) is 65.6 Å². The zero-order chi connectivity index (χ0) is 22.3. The average Bonchev–Trinajstić information content (AvgIpc) is 3.13. The monoisotopic (exact) mass is 561 g/mol. The molecule has 6 nitrogen and oxygen atoms in total. The number of aryl methyl sites for hydroxylation is 1. The summed E-state index contributed by atoms with van der Waals surface area (Å²) in [6.07, 6.45) is 0.248. The molecule has 3 rings (SSSR count). The molecule has 10 heteroatoms. The zero-order valence-electron chi connectivity index (χ0n) is 17.9. The Balaban J connectivity index is 0.00000363. The molecule has 0 radical (unpaired) electrons. The number of hydrogen-bond acceptors (Lipinski definition) is 3. The van der Waals surface area contributed by atoms with Gasteiger partial charge in [-0.1, -0.05) is 18.2 Å². The topological polar surface area (TPSA) is 63.0 Å². The van der Waals surface area contributed by atoms with Crippen molar-refractivity contribution in [3.8, 4) is 5.75 Å². The highest BCUT2D eigenvalue weighted by molar-refractivity contribution is 14.0. The normalized spacial score (nSPS) is 11.8. The van der Waals surface area contributed by atoms with Crippen molar-refractivity contribution in [1.29, 1.82) is 0 Å². The van der Waals surface area contributed by atoms with Gasteiger partial charge in [0.2, 0.25) is 0 Å². The second kappa shape index (κ2) is 11.9. The molecule has 2 heterocycles. The van der Waals surface area contributed by atoms with Gasteiger partial charge in [-0.2, -0.15) is 13.2 Å². The lowest BCUT2D eigenvalue weighted by Gasteiger charge is -2.14. The van der Waals surface area contributed by atoms with Crippen molar-refractivity contribution in [2.24, 2.45) is 4.99 Å². The lowest BCUT2D eigenvalue weighted by Crippen LogP contribution is -2.38. The van der Waals surface area contributed by atoms with Crippen LogP contribution in [0, 0.1) is 6.92 Å². The highest BCUT2D eigenvalue weighted by Gasteiger charge is 2.28. The number of hydrogen-bond donors (Lipinski definition) is 2. The molecule has 3 aromatic rings. The summed E-state index contributed by atoms with van der Waals surface area (Å²) in [5, 5.41) is 6.38. The molecule has 32 heavy (non-hydrogen) atoms. The number of ether oxygens (including phenoxy) is 1. The third-order valence-electron chi connectivity index (χ3n) is 4.45. The Bertz CT molecular complexity index is 1000. The molecule has 0 atom stereocenters. The van der Waals surface area contributed by atoms with Crippen LogP contribution in [0.2, 0.25) is 0 Å². The molecule has 0 amide bonds. The van der Waals surface area contributed by atoms with Gasteiger partial charge in [0.25, 0.3) is 0 Å². The minimum Gasteiger partial charge on any atom is -0.484 e. The molecule has 174 valence electrons. The van der Waals surface area contributed by atoms with Gasteiger partial charge in [-0.05, 0) is 37.6 Å². The standard InChI is InChI=1S/C22H26F3N5O.HI/c1-3-26-21(27-10-9-18-14-30-11-5-4-6-20(30)29-18)28-13-17-8-7-16(2)12-19(17)31-15-22(23,24)25;/h4-8,11-12,14H,3,9-10,13,15H2,1-2H3,(H2,26,27,28);1H. The Kier molecular flexibility index (Phi) is 9.60. The predicted molar refractivity (Wildman–Crippen MR) is 130 cm³/mol. The van der Waals surface area contributed by atoms with E-state index in [-0.39, 0.29) is 36.3 Å². The quantitative estimate of drug-likeness (QED) is 0.242. The van der Waals surface area contributed by atoms with Crippen LogP contribution in [0.5, 0.6) is 5.75 Å². The number of aromatic nitrogens is 2. The molecule has 2 N–H and O–H groups in total. The lowest BCUT2D eigenvalue weighted by atomic mass is 10.1. The first-order valence-corrected chi connectivity index (χ1v) is 10.1. The van der Waals surface area contributed by atoms with Crippen LogP contribution in [0.15, 0.2) is 53.8 Å². The highest BCUT2D eigenvalue weighted by Crippen LogP contribution is 2.24. The summed E-state index contributed by atoms with van der Waals surface area (Å²) >= 11 is 0. The molecule has 0 spiro atoms. The summed E-state index contributed by atoms with van der Waals surface area (Å²) in [6, 6.07) is 11.0. The number of benzene rings is 1. The first-order chi connectivity index (χ1) is 14.8. The molecule has 0 fully saturated rings. The molecule has 0 bridgehead atoms. The van der Waals surface area contributed by atoms with Crippen molar-refractivity contribution in [1.82, 2.24) is 20.0 Å². The average molecular weight is 561 g/mol. The van der Waals surface area contributed by atoms with Gasteiger partial charge in [0, 0.05) is 37.5 Å².